The maximum Gasteiger partial charge on any atom is 0.280 e. The van der Waals surface area contributed by atoms with Crippen LogP contribution in [0.1, 0.15) is 67.4 Å². The number of aromatic nitrogens is 2. The summed E-state index contributed by atoms with van der Waals surface area (Å²) in [4.78, 5) is 10.3. The fourth-order valence-electron chi connectivity index (χ4n) is 4.30. The third-order valence-electron chi connectivity index (χ3n) is 6.16. The van der Waals surface area contributed by atoms with Crippen molar-refractivity contribution in [2.75, 3.05) is 7.11 Å². The summed E-state index contributed by atoms with van der Waals surface area (Å²) in [7, 11) is 1.42. The van der Waals surface area contributed by atoms with Gasteiger partial charge in [0.1, 0.15) is 29.0 Å². The van der Waals surface area contributed by atoms with Gasteiger partial charge >= 0.3 is 0 Å². The molecule has 0 spiro atoms. The molecule has 35 heavy (non-hydrogen) atoms. The lowest BCUT2D eigenvalue weighted by Gasteiger charge is -2.17. The highest BCUT2D eigenvalue weighted by Crippen LogP contribution is 2.51. The first kappa shape index (κ1) is 24.4. The predicted molar refractivity (Wildman–Crippen MR) is 128 cm³/mol. The van der Waals surface area contributed by atoms with Crippen LogP contribution in [0, 0.1) is 18.3 Å². The van der Waals surface area contributed by atoms with Crippen molar-refractivity contribution in [1.29, 1.82) is 5.26 Å². The monoisotopic (exact) mass is 479 g/mol. The van der Waals surface area contributed by atoms with Crippen molar-refractivity contribution in [2.45, 2.75) is 51.7 Å². The smallest absolute Gasteiger partial charge is 0.280 e. The van der Waals surface area contributed by atoms with Crippen molar-refractivity contribution in [1.82, 2.24) is 15.3 Å². The lowest BCUT2D eigenvalue weighted by molar-refractivity contribution is 0.0338. The number of aryl methyl sites for hydroxylation is 1. The van der Waals surface area contributed by atoms with E-state index in [2.05, 4.69) is 34.6 Å². The van der Waals surface area contributed by atoms with Gasteiger partial charge in [-0.25, -0.2) is 28.8 Å². The predicted octanol–water partition coefficient (Wildman–Crippen LogP) is 5.69. The van der Waals surface area contributed by atoms with Gasteiger partial charge in [-0.05, 0) is 49.1 Å². The van der Waals surface area contributed by atoms with Crippen LogP contribution >= 0.6 is 0 Å². The Labute approximate surface area is 203 Å². The zero-order chi connectivity index (χ0) is 25.2. The number of ether oxygens (including phenoxy) is 1. The fourth-order valence-corrected chi connectivity index (χ4v) is 4.30. The van der Waals surface area contributed by atoms with Crippen molar-refractivity contribution in [3.05, 3.63) is 76.6 Å². The highest BCUT2D eigenvalue weighted by atomic mass is 19.3. The average molecular weight is 480 g/mol. The number of amidine groups is 1. The summed E-state index contributed by atoms with van der Waals surface area (Å²) < 4.78 is 34.0. The van der Waals surface area contributed by atoms with Gasteiger partial charge in [0.15, 0.2) is 0 Å². The molecular weight excluding hydrogens is 452 g/mol. The van der Waals surface area contributed by atoms with Gasteiger partial charge < -0.3 is 4.74 Å². The van der Waals surface area contributed by atoms with Crippen LogP contribution in [0.2, 0.25) is 0 Å². The van der Waals surface area contributed by atoms with Crippen molar-refractivity contribution >= 4 is 5.84 Å². The molecule has 1 aromatic heterocycles. The molecule has 3 aromatic rings. The fraction of sp³-hybridized carbons (Fsp3) is 0.346. The van der Waals surface area contributed by atoms with E-state index in [0.29, 0.717) is 17.1 Å². The molecule has 2 aromatic carbocycles. The summed E-state index contributed by atoms with van der Waals surface area (Å²) in [6, 6.07) is 16.0. The van der Waals surface area contributed by atoms with Gasteiger partial charge in [-0.3, -0.25) is 0 Å². The van der Waals surface area contributed by atoms with Gasteiger partial charge in [0.2, 0.25) is 6.23 Å². The molecule has 1 atom stereocenters. The van der Waals surface area contributed by atoms with Crippen LogP contribution in [0.5, 0.6) is 5.75 Å². The Hall–Kier alpha value is -3.77. The maximum atomic E-state index is 13.8. The number of halogens is 2. The number of methoxy groups -OCH3 is 1. The zero-order valence-corrected chi connectivity index (χ0v) is 20.0. The lowest BCUT2D eigenvalue weighted by Crippen LogP contribution is -2.31. The number of alkyl halides is 2. The number of benzene rings is 2. The van der Waals surface area contributed by atoms with Gasteiger partial charge in [0.05, 0.1) is 23.8 Å². The summed E-state index contributed by atoms with van der Waals surface area (Å²) in [5, 5.41) is 13.6. The minimum absolute atomic E-state index is 0.241. The number of nitrogens with one attached hydrogen (secondary N) is 1. The summed E-state index contributed by atoms with van der Waals surface area (Å²) in [5.74, 6) is 0.968. The standard InChI is InChI=1S/C24H21F2N5O2.C2H6/c1-14-5-3-4-6-17(14)24(9-10-24)23-28-22(33-30-23)18-12-19(21(25)26)31(29-18)16-8-7-15(13-27)20(11-16)32-2;1-2/h3-8,11-12,21-22H,9-10H2,1-2H3,(H,28,30);1-2H3. The number of hydroxylamine groups is 1. The van der Waals surface area contributed by atoms with E-state index in [4.69, 9.17) is 9.57 Å². The summed E-state index contributed by atoms with van der Waals surface area (Å²) >= 11 is 0. The summed E-state index contributed by atoms with van der Waals surface area (Å²) in [5.41, 5.74) is 5.64. The van der Waals surface area contributed by atoms with E-state index in [1.165, 1.54) is 36.4 Å². The van der Waals surface area contributed by atoms with E-state index in [-0.39, 0.29) is 22.6 Å². The molecule has 0 radical (unpaired) electrons. The molecule has 5 rings (SSSR count). The molecule has 2 heterocycles. The molecule has 1 saturated carbocycles. The molecule has 7 nitrogen and oxygen atoms in total. The minimum atomic E-state index is -2.77. The van der Waals surface area contributed by atoms with Crippen LogP contribution in [0.25, 0.3) is 5.69 Å². The zero-order valence-electron chi connectivity index (χ0n) is 20.0. The molecule has 9 heteroatoms. The Morgan fingerprint density at radius 1 is 1.20 bits per heavy atom. The normalized spacial score (nSPS) is 17.7. The van der Waals surface area contributed by atoms with E-state index in [1.807, 2.05) is 32.0 Å². The second kappa shape index (κ2) is 9.84. The SMILES string of the molecule is CC.COc1cc(-n2nc(C3N=C(C4(c5ccccc5C)CC4)NO3)cc2C(F)F)ccc1C#N. The van der Waals surface area contributed by atoms with Gasteiger partial charge in [-0.15, -0.1) is 0 Å². The van der Waals surface area contributed by atoms with Crippen molar-refractivity contribution in [2.24, 2.45) is 4.99 Å². The Morgan fingerprint density at radius 3 is 2.57 bits per heavy atom. The van der Waals surface area contributed by atoms with E-state index < -0.39 is 12.7 Å². The lowest BCUT2D eigenvalue weighted by atomic mass is 9.91. The first-order valence-electron chi connectivity index (χ1n) is 11.5. The van der Waals surface area contributed by atoms with Crippen molar-refractivity contribution < 1.29 is 18.4 Å². The molecule has 0 bridgehead atoms. The van der Waals surface area contributed by atoms with Crippen molar-refractivity contribution in [3.63, 3.8) is 0 Å². The molecule has 0 amide bonds. The molecule has 182 valence electrons. The number of hydrogen-bond acceptors (Lipinski definition) is 6. The van der Waals surface area contributed by atoms with E-state index in [1.54, 1.807) is 6.07 Å². The van der Waals surface area contributed by atoms with E-state index in [9.17, 15) is 14.0 Å². The second-order valence-electron chi connectivity index (χ2n) is 8.15. The quantitative estimate of drug-likeness (QED) is 0.491. The number of aliphatic imine (C=N–C) groups is 1. The molecule has 1 unspecified atom stereocenters. The molecule has 1 aliphatic carbocycles. The molecule has 0 saturated heterocycles. The van der Waals surface area contributed by atoms with Crippen molar-refractivity contribution in [3.8, 4) is 17.5 Å². The summed E-state index contributed by atoms with van der Waals surface area (Å²) in [6.45, 7) is 6.06. The minimum Gasteiger partial charge on any atom is -0.495 e. The Balaban J connectivity index is 0.00000141. The molecule has 2 aliphatic rings. The number of nitrogens with zero attached hydrogens (tertiary/aromatic N) is 4. The van der Waals surface area contributed by atoms with Crippen LogP contribution in [0.3, 0.4) is 0 Å². The Kier molecular flexibility index (Phi) is 6.85. The molecule has 1 fully saturated rings. The molecular formula is C26H27F2N5O2. The molecule has 1 N–H and O–H groups in total. The van der Waals surface area contributed by atoms with Gasteiger partial charge in [0.25, 0.3) is 6.43 Å². The Morgan fingerprint density at radius 2 is 1.94 bits per heavy atom. The van der Waals surface area contributed by atoms with Gasteiger partial charge in [-0.1, -0.05) is 38.1 Å². The van der Waals surface area contributed by atoms with Crippen LogP contribution in [-0.4, -0.2) is 22.7 Å². The van der Waals surface area contributed by atoms with Crippen LogP contribution in [0.15, 0.2) is 53.5 Å². The van der Waals surface area contributed by atoms with E-state index >= 15 is 0 Å². The first-order chi connectivity index (χ1) is 17.0. The number of hydrogen-bond donors (Lipinski definition) is 1. The largest absolute Gasteiger partial charge is 0.495 e. The average Bonchev–Trinajstić information content (AvgIpc) is 3.31. The highest BCUT2D eigenvalue weighted by molar-refractivity contribution is 5.96. The molecule has 1 aliphatic heterocycles. The maximum absolute atomic E-state index is 13.8. The topological polar surface area (TPSA) is 84.5 Å². The number of rotatable bonds is 6. The Bertz CT molecular complexity index is 1290. The summed E-state index contributed by atoms with van der Waals surface area (Å²) in [6.07, 6.45) is -1.75. The van der Waals surface area contributed by atoms with Gasteiger partial charge in [0, 0.05) is 6.07 Å². The second-order valence-corrected chi connectivity index (χ2v) is 8.15. The van der Waals surface area contributed by atoms with Crippen LogP contribution in [-0.2, 0) is 10.3 Å². The third kappa shape index (κ3) is 4.37. The van der Waals surface area contributed by atoms with Crippen LogP contribution in [0.4, 0.5) is 8.78 Å². The van der Waals surface area contributed by atoms with Crippen LogP contribution < -0.4 is 10.2 Å². The van der Waals surface area contributed by atoms with E-state index in [0.717, 1.165) is 17.5 Å². The third-order valence-corrected chi connectivity index (χ3v) is 6.16. The van der Waals surface area contributed by atoms with Gasteiger partial charge in [-0.2, -0.15) is 10.4 Å². The first-order valence-corrected chi connectivity index (χ1v) is 11.5. The number of nitriles is 1. The highest BCUT2D eigenvalue weighted by Gasteiger charge is 2.52.